The number of rotatable bonds is 4. The molecule has 5 rings (SSSR count). The Labute approximate surface area is 181 Å². The average Bonchev–Trinajstić information content (AvgIpc) is 3.33. The van der Waals surface area contributed by atoms with Crippen molar-refractivity contribution in [3.8, 4) is 11.3 Å². The molecule has 0 saturated heterocycles. The number of carbonyl (C=O) groups excluding carboxylic acids is 1. The van der Waals surface area contributed by atoms with Gasteiger partial charge in [-0.15, -0.1) is 5.10 Å². The van der Waals surface area contributed by atoms with Gasteiger partial charge in [-0.05, 0) is 41.7 Å². The van der Waals surface area contributed by atoms with Crippen molar-refractivity contribution in [1.82, 2.24) is 24.9 Å². The Morgan fingerprint density at radius 2 is 2.00 bits per heavy atom. The maximum absolute atomic E-state index is 13.0. The highest BCUT2D eigenvalue weighted by Crippen LogP contribution is 2.32. The van der Waals surface area contributed by atoms with Crippen LogP contribution in [0.3, 0.4) is 0 Å². The zero-order chi connectivity index (χ0) is 21.4. The van der Waals surface area contributed by atoms with E-state index in [0.29, 0.717) is 19.0 Å². The number of fused-ring (bicyclic) bond motifs is 2. The molecule has 31 heavy (non-hydrogen) atoms. The fourth-order valence-corrected chi connectivity index (χ4v) is 4.38. The van der Waals surface area contributed by atoms with E-state index in [1.54, 1.807) is 4.68 Å². The normalized spacial score (nSPS) is 17.4. The number of hydrogen-bond donors (Lipinski definition) is 0. The van der Waals surface area contributed by atoms with Crippen LogP contribution in [-0.2, 0) is 20.0 Å². The van der Waals surface area contributed by atoms with Gasteiger partial charge in [-0.3, -0.25) is 14.5 Å². The molecule has 3 aromatic rings. The van der Waals surface area contributed by atoms with Crippen molar-refractivity contribution in [3.05, 3.63) is 82.8 Å². The quantitative estimate of drug-likeness (QED) is 0.647. The van der Waals surface area contributed by atoms with Crippen molar-refractivity contribution >= 4 is 12.0 Å². The highest BCUT2D eigenvalue weighted by atomic mass is 16.2. The van der Waals surface area contributed by atoms with Gasteiger partial charge in [0.15, 0.2) is 0 Å². The Kier molecular flexibility index (Phi) is 4.98. The molecule has 6 nitrogen and oxygen atoms in total. The molecule has 0 N–H and O–H groups in total. The van der Waals surface area contributed by atoms with Crippen LogP contribution in [-0.4, -0.2) is 37.3 Å². The van der Waals surface area contributed by atoms with E-state index in [0.717, 1.165) is 46.6 Å². The van der Waals surface area contributed by atoms with Gasteiger partial charge in [-0.2, -0.15) is 0 Å². The number of amides is 1. The molecular weight excluding hydrogens is 386 g/mol. The molecule has 0 saturated carbocycles. The van der Waals surface area contributed by atoms with E-state index < -0.39 is 0 Å². The second-order valence-electron chi connectivity index (χ2n) is 8.29. The molecule has 1 aliphatic carbocycles. The minimum absolute atomic E-state index is 0.0747. The van der Waals surface area contributed by atoms with Crippen molar-refractivity contribution < 1.29 is 4.79 Å². The van der Waals surface area contributed by atoms with Crippen LogP contribution in [0, 0.1) is 0 Å². The maximum atomic E-state index is 13.0. The van der Waals surface area contributed by atoms with Crippen LogP contribution in [0.1, 0.15) is 52.1 Å². The SMILES string of the molecule is CC1CC=CC=Cc2nc(CCN3Cc4c(cccc4-c4cn(C)nn4)C3=O)ccc21. The van der Waals surface area contributed by atoms with E-state index in [9.17, 15) is 4.79 Å². The average molecular weight is 412 g/mol. The van der Waals surface area contributed by atoms with Crippen molar-refractivity contribution in [2.75, 3.05) is 6.54 Å². The molecule has 2 aliphatic rings. The first-order valence-electron chi connectivity index (χ1n) is 10.7. The van der Waals surface area contributed by atoms with Gasteiger partial charge < -0.3 is 4.90 Å². The van der Waals surface area contributed by atoms with E-state index in [1.807, 2.05) is 36.3 Å². The Bertz CT molecular complexity index is 1210. The molecular formula is C25H25N5O. The van der Waals surface area contributed by atoms with Gasteiger partial charge in [0, 0.05) is 43.4 Å². The Balaban J connectivity index is 1.34. The van der Waals surface area contributed by atoms with Crippen LogP contribution in [0.4, 0.5) is 0 Å². The molecule has 1 unspecified atom stereocenters. The summed E-state index contributed by atoms with van der Waals surface area (Å²) in [5, 5.41) is 8.27. The lowest BCUT2D eigenvalue weighted by atomic mass is 9.94. The van der Waals surface area contributed by atoms with Gasteiger partial charge in [0.1, 0.15) is 5.69 Å². The minimum Gasteiger partial charge on any atom is -0.334 e. The molecule has 2 aromatic heterocycles. The summed E-state index contributed by atoms with van der Waals surface area (Å²) in [5.74, 6) is 0.526. The molecule has 0 bridgehead atoms. The molecule has 0 fully saturated rings. The first-order valence-corrected chi connectivity index (χ1v) is 10.7. The number of hydrogen-bond acceptors (Lipinski definition) is 4. The zero-order valence-electron chi connectivity index (χ0n) is 17.8. The maximum Gasteiger partial charge on any atom is 0.254 e. The molecule has 156 valence electrons. The van der Waals surface area contributed by atoms with Crippen LogP contribution < -0.4 is 0 Å². The minimum atomic E-state index is 0.0747. The first-order chi connectivity index (χ1) is 15.1. The monoisotopic (exact) mass is 411 g/mol. The van der Waals surface area contributed by atoms with Crippen molar-refractivity contribution in [2.24, 2.45) is 7.05 Å². The Morgan fingerprint density at radius 1 is 1.13 bits per heavy atom. The van der Waals surface area contributed by atoms with Crippen molar-refractivity contribution in [2.45, 2.75) is 32.2 Å². The second-order valence-corrected chi connectivity index (χ2v) is 8.29. The van der Waals surface area contributed by atoms with Crippen molar-refractivity contribution in [1.29, 1.82) is 0 Å². The van der Waals surface area contributed by atoms with Crippen LogP contribution in [0.15, 0.2) is 54.8 Å². The lowest BCUT2D eigenvalue weighted by Crippen LogP contribution is -2.26. The number of nitrogens with zero attached hydrogens (tertiary/aromatic N) is 5. The zero-order valence-corrected chi connectivity index (χ0v) is 17.8. The first kappa shape index (κ1) is 19.4. The number of aromatic nitrogens is 4. The summed E-state index contributed by atoms with van der Waals surface area (Å²) in [6, 6.07) is 10.1. The number of benzene rings is 1. The molecule has 1 atom stereocenters. The summed E-state index contributed by atoms with van der Waals surface area (Å²) >= 11 is 0. The topological polar surface area (TPSA) is 63.9 Å². The van der Waals surface area contributed by atoms with E-state index in [1.165, 1.54) is 5.56 Å². The fourth-order valence-electron chi connectivity index (χ4n) is 4.38. The van der Waals surface area contributed by atoms with Gasteiger partial charge in [0.2, 0.25) is 0 Å². The third kappa shape index (κ3) is 3.69. The van der Waals surface area contributed by atoms with E-state index in [4.69, 9.17) is 4.98 Å². The molecule has 3 heterocycles. The third-order valence-corrected chi connectivity index (χ3v) is 6.10. The summed E-state index contributed by atoms with van der Waals surface area (Å²) in [5.41, 5.74) is 6.90. The smallest absolute Gasteiger partial charge is 0.254 e. The molecule has 1 amide bonds. The Morgan fingerprint density at radius 3 is 2.84 bits per heavy atom. The van der Waals surface area contributed by atoms with E-state index in [-0.39, 0.29) is 5.91 Å². The number of pyridine rings is 1. The van der Waals surface area contributed by atoms with Crippen LogP contribution in [0.5, 0.6) is 0 Å². The van der Waals surface area contributed by atoms with Crippen LogP contribution in [0.2, 0.25) is 0 Å². The van der Waals surface area contributed by atoms with Gasteiger partial charge in [-0.25, -0.2) is 0 Å². The molecule has 0 radical (unpaired) electrons. The molecule has 0 spiro atoms. The summed E-state index contributed by atoms with van der Waals surface area (Å²) in [7, 11) is 1.85. The number of carbonyl (C=O) groups is 1. The molecule has 1 aromatic carbocycles. The molecule has 1 aliphatic heterocycles. The molecule has 6 heteroatoms. The summed E-state index contributed by atoms with van der Waals surface area (Å²) < 4.78 is 1.68. The predicted molar refractivity (Wildman–Crippen MR) is 120 cm³/mol. The second kappa shape index (κ2) is 7.95. The van der Waals surface area contributed by atoms with Crippen LogP contribution >= 0.6 is 0 Å². The fraction of sp³-hybridized carbons (Fsp3) is 0.280. The summed E-state index contributed by atoms with van der Waals surface area (Å²) in [6.07, 6.45) is 12.0. The lowest BCUT2D eigenvalue weighted by molar-refractivity contribution is 0.0780. The van der Waals surface area contributed by atoms with E-state index >= 15 is 0 Å². The van der Waals surface area contributed by atoms with Gasteiger partial charge >= 0.3 is 0 Å². The van der Waals surface area contributed by atoms with Crippen molar-refractivity contribution in [3.63, 3.8) is 0 Å². The lowest BCUT2D eigenvalue weighted by Gasteiger charge is -2.17. The van der Waals surface area contributed by atoms with E-state index in [2.05, 4.69) is 53.7 Å². The van der Waals surface area contributed by atoms with Gasteiger partial charge in [0.25, 0.3) is 5.91 Å². The Hall–Kier alpha value is -3.54. The van der Waals surface area contributed by atoms with Crippen LogP contribution in [0.25, 0.3) is 17.3 Å². The largest absolute Gasteiger partial charge is 0.334 e. The summed E-state index contributed by atoms with van der Waals surface area (Å²) in [6.45, 7) is 3.46. The number of allylic oxidation sites excluding steroid dienone is 3. The van der Waals surface area contributed by atoms with Gasteiger partial charge in [0.05, 0.1) is 11.9 Å². The standard InChI is InChI=1S/C25H25N5O/c1-17-7-4-3-5-10-23-19(17)12-11-18(26-23)13-14-30-15-22-20(24-16-29(2)28-27-24)8-6-9-21(22)25(30)31/h3-6,8-12,16-17H,7,13-15H2,1-2H3. The highest BCUT2D eigenvalue weighted by molar-refractivity contribution is 6.00. The number of aryl methyl sites for hydroxylation is 1. The van der Waals surface area contributed by atoms with Gasteiger partial charge in [-0.1, -0.05) is 48.6 Å². The summed E-state index contributed by atoms with van der Waals surface area (Å²) in [4.78, 5) is 19.8. The predicted octanol–water partition coefficient (Wildman–Crippen LogP) is 4.15. The highest BCUT2D eigenvalue weighted by Gasteiger charge is 2.30. The third-order valence-electron chi connectivity index (χ3n) is 6.10.